The highest BCUT2D eigenvalue weighted by atomic mass is 32.2. The van der Waals surface area contributed by atoms with Crippen molar-refractivity contribution < 1.29 is 13.0 Å². The van der Waals surface area contributed by atoms with Crippen molar-refractivity contribution in [2.75, 3.05) is 5.75 Å². The van der Waals surface area contributed by atoms with Gasteiger partial charge in [-0.1, -0.05) is 68.4 Å². The molecule has 0 unspecified atom stereocenters. The van der Waals surface area contributed by atoms with Gasteiger partial charge in [0.2, 0.25) is 0 Å². The molecule has 0 aliphatic carbocycles. The summed E-state index contributed by atoms with van der Waals surface area (Å²) in [4.78, 5) is 0. The van der Waals surface area contributed by atoms with Gasteiger partial charge >= 0.3 is 0 Å². The molecule has 0 spiro atoms. The molecular weight excluding hydrogens is 288 g/mol. The highest BCUT2D eigenvalue weighted by Crippen LogP contribution is 2.64. The molecule has 122 valence electrons. The summed E-state index contributed by atoms with van der Waals surface area (Å²) in [6.07, 6.45) is 0.552. The van der Waals surface area contributed by atoms with Crippen LogP contribution < -0.4 is 0 Å². The van der Waals surface area contributed by atoms with Crippen LogP contribution in [-0.2, 0) is 10.1 Å². The van der Waals surface area contributed by atoms with Gasteiger partial charge in [-0.05, 0) is 21.5 Å². The summed E-state index contributed by atoms with van der Waals surface area (Å²) in [6, 6.07) is 0.920. The van der Waals surface area contributed by atoms with E-state index in [2.05, 4.69) is 62.3 Å². The Hall–Kier alpha value is 0.127. The molecule has 0 fully saturated rings. The molecule has 0 aromatic heterocycles. The molecule has 0 aliphatic rings. The highest BCUT2D eigenvalue weighted by molar-refractivity contribution is 7.85. The Balaban J connectivity index is 5.69. The van der Waals surface area contributed by atoms with Gasteiger partial charge in [-0.2, -0.15) is 8.42 Å². The van der Waals surface area contributed by atoms with Gasteiger partial charge in [-0.15, -0.1) is 0 Å². The quantitative estimate of drug-likeness (QED) is 0.577. The first-order chi connectivity index (χ1) is 8.46. The van der Waals surface area contributed by atoms with Crippen LogP contribution in [0.25, 0.3) is 0 Å². The Morgan fingerprint density at radius 3 is 1.30 bits per heavy atom. The van der Waals surface area contributed by atoms with Crippen LogP contribution in [0.3, 0.4) is 0 Å². The van der Waals surface area contributed by atoms with Crippen molar-refractivity contribution in [3.8, 4) is 0 Å². The molecule has 0 amide bonds. The van der Waals surface area contributed by atoms with Crippen molar-refractivity contribution in [3.63, 3.8) is 0 Å². The van der Waals surface area contributed by atoms with Crippen molar-refractivity contribution >= 4 is 18.2 Å². The van der Waals surface area contributed by atoms with Crippen LogP contribution in [0, 0.1) is 0 Å². The zero-order valence-electron chi connectivity index (χ0n) is 14.8. The molecule has 3 nitrogen and oxygen atoms in total. The van der Waals surface area contributed by atoms with E-state index in [0.717, 1.165) is 6.04 Å². The van der Waals surface area contributed by atoms with Crippen LogP contribution in [0.5, 0.6) is 0 Å². The molecule has 5 heteroatoms. The zero-order chi connectivity index (χ0) is 16.6. The van der Waals surface area contributed by atoms with Gasteiger partial charge in [0.05, 0.1) is 13.8 Å². The third-order valence-electron chi connectivity index (χ3n) is 4.80. The van der Waals surface area contributed by atoms with Gasteiger partial charge in [0.25, 0.3) is 10.1 Å². The lowest BCUT2D eigenvalue weighted by Gasteiger charge is -2.60. The largest absolute Gasteiger partial charge is 0.286 e. The first-order valence-electron chi connectivity index (χ1n) is 7.41. The van der Waals surface area contributed by atoms with E-state index in [1.54, 1.807) is 0 Å². The van der Waals surface area contributed by atoms with Crippen LogP contribution in [0.4, 0.5) is 0 Å². The highest BCUT2D eigenvalue weighted by Gasteiger charge is 2.58. The van der Waals surface area contributed by atoms with E-state index in [9.17, 15) is 8.42 Å². The van der Waals surface area contributed by atoms with Crippen molar-refractivity contribution in [2.45, 2.75) is 89.9 Å². The summed E-state index contributed by atoms with van der Waals surface area (Å²) in [5, 5.41) is 0.508. The number of rotatable bonds is 4. The Morgan fingerprint density at radius 1 is 0.800 bits per heavy atom. The Kier molecular flexibility index (Phi) is 5.76. The monoisotopic (exact) mass is 322 g/mol. The van der Waals surface area contributed by atoms with E-state index in [1.165, 1.54) is 0 Å². The molecule has 0 saturated carbocycles. The van der Waals surface area contributed by atoms with Crippen LogP contribution in [-0.4, -0.2) is 26.8 Å². The second-order valence-electron chi connectivity index (χ2n) is 9.04. The summed E-state index contributed by atoms with van der Waals surface area (Å²) in [7, 11) is -5.74. The molecule has 0 aromatic rings. The fourth-order valence-corrected chi connectivity index (χ4v) is 15.5. The summed E-state index contributed by atoms with van der Waals surface area (Å²) in [6.45, 7) is 20.7. The fourth-order valence-electron chi connectivity index (χ4n) is 5.02. The summed E-state index contributed by atoms with van der Waals surface area (Å²) in [5.41, 5.74) is 0. The lowest BCUT2D eigenvalue weighted by molar-refractivity contribution is 0.479. The van der Waals surface area contributed by atoms with E-state index in [4.69, 9.17) is 4.55 Å². The lowest BCUT2D eigenvalue weighted by atomic mass is 10.2. The normalized spacial score (nSPS) is 15.5. The van der Waals surface area contributed by atoms with E-state index in [1.807, 2.05) is 0 Å². The fraction of sp³-hybridized carbons (Fsp3) is 1.00. The second kappa shape index (κ2) is 5.73. The summed E-state index contributed by atoms with van der Waals surface area (Å²) >= 11 is 0. The molecule has 0 radical (unpaired) electrons. The van der Waals surface area contributed by atoms with Gasteiger partial charge in [0.1, 0.15) is 0 Å². The third kappa shape index (κ3) is 4.31. The molecule has 20 heavy (non-hydrogen) atoms. The maximum atomic E-state index is 11.0. The number of hydrogen-bond acceptors (Lipinski definition) is 2. The zero-order valence-corrected chi connectivity index (χ0v) is 16.6. The van der Waals surface area contributed by atoms with Gasteiger partial charge in [0.15, 0.2) is 0 Å². The first-order valence-corrected chi connectivity index (χ1v) is 11.2. The molecule has 0 aromatic carbocycles. The summed E-state index contributed by atoms with van der Waals surface area (Å²) < 4.78 is 31.1. The predicted molar refractivity (Wildman–Crippen MR) is 90.7 cm³/mol. The Labute approximate surface area is 127 Å². The molecular formula is C15H34O3SSi. The molecule has 0 atom stereocenters. The molecule has 0 saturated heterocycles. The van der Waals surface area contributed by atoms with Crippen LogP contribution in [0.15, 0.2) is 0 Å². The Morgan fingerprint density at radius 2 is 1.10 bits per heavy atom. The predicted octanol–water partition coefficient (Wildman–Crippen LogP) is 5.11. The van der Waals surface area contributed by atoms with E-state index in [-0.39, 0.29) is 20.9 Å². The van der Waals surface area contributed by atoms with Gasteiger partial charge in [0, 0.05) is 0 Å². The molecule has 0 bridgehead atoms. The smallest absolute Gasteiger partial charge is 0.264 e. The Bertz CT molecular complexity index is 383. The molecule has 0 rings (SSSR count). The minimum atomic E-state index is -3.86. The van der Waals surface area contributed by atoms with Crippen molar-refractivity contribution in [3.05, 3.63) is 0 Å². The minimum absolute atomic E-state index is 0.121. The average Bonchev–Trinajstić information content (AvgIpc) is 2.03. The van der Waals surface area contributed by atoms with Crippen molar-refractivity contribution in [2.24, 2.45) is 0 Å². The van der Waals surface area contributed by atoms with Crippen molar-refractivity contribution in [1.29, 1.82) is 0 Å². The maximum Gasteiger partial charge on any atom is 0.264 e. The van der Waals surface area contributed by atoms with Gasteiger partial charge in [-0.25, -0.2) is 0 Å². The average molecular weight is 323 g/mol. The molecule has 0 aliphatic heterocycles. The standard InChI is InChI=1S/C15H34O3SSi/c1-13(2,3)20(14(4,5)6,15(7,8)9)12-10-11-19(16,17)18/h10-12H2,1-9H3,(H,16,17,18). The van der Waals surface area contributed by atoms with E-state index >= 15 is 0 Å². The van der Waals surface area contributed by atoms with Gasteiger partial charge < -0.3 is 0 Å². The van der Waals surface area contributed by atoms with Crippen LogP contribution in [0.2, 0.25) is 21.2 Å². The van der Waals surface area contributed by atoms with Gasteiger partial charge in [-0.3, -0.25) is 4.55 Å². The van der Waals surface area contributed by atoms with Crippen LogP contribution >= 0.6 is 0 Å². The molecule has 0 heterocycles. The maximum absolute atomic E-state index is 11.0. The van der Waals surface area contributed by atoms with Crippen LogP contribution in [0.1, 0.15) is 68.7 Å². The van der Waals surface area contributed by atoms with E-state index < -0.39 is 18.2 Å². The van der Waals surface area contributed by atoms with E-state index in [0.29, 0.717) is 6.42 Å². The minimum Gasteiger partial charge on any atom is -0.286 e. The molecule has 1 N–H and O–H groups in total. The second-order valence-corrected chi connectivity index (χ2v) is 17.4. The third-order valence-corrected chi connectivity index (χ3v) is 14.4. The lowest BCUT2D eigenvalue weighted by Crippen LogP contribution is -2.58. The van der Waals surface area contributed by atoms with Crippen molar-refractivity contribution in [1.82, 2.24) is 0 Å². The SMILES string of the molecule is CC(C)(C)[Si](CCCS(=O)(=O)O)(C(C)(C)C)C(C)(C)C. The topological polar surface area (TPSA) is 54.4 Å². The summed E-state index contributed by atoms with van der Waals surface area (Å²) in [5.74, 6) is -0.121. The first kappa shape index (κ1) is 20.1. The number of hydrogen-bond donors (Lipinski definition) is 1.